The van der Waals surface area contributed by atoms with E-state index in [1.165, 1.54) is 12.8 Å². The second-order valence-electron chi connectivity index (χ2n) is 10.2. The summed E-state index contributed by atoms with van der Waals surface area (Å²) in [7, 11) is -3.85. The minimum Gasteiger partial charge on any atom is -0.478 e. The van der Waals surface area contributed by atoms with Gasteiger partial charge in [0.15, 0.2) is 0 Å². The predicted molar refractivity (Wildman–Crippen MR) is 142 cm³/mol. The van der Waals surface area contributed by atoms with Crippen LogP contribution in [0.15, 0.2) is 30.3 Å². The van der Waals surface area contributed by atoms with Gasteiger partial charge in [-0.15, -0.1) is 0 Å². The van der Waals surface area contributed by atoms with E-state index in [4.69, 9.17) is 9.84 Å². The normalized spacial score (nSPS) is 16.7. The van der Waals surface area contributed by atoms with Crippen molar-refractivity contribution in [1.29, 1.82) is 0 Å². The molecule has 0 radical (unpaired) electrons. The standard InChI is InChI=1S/C26H33F3N4O5S/c1-18-16-21(30-22(17-18)38-14-3-6-26(27,28)29)31-24(35)19-4-2-5-20(32-39(36,37)15-13-34)23(19)33-11-9-25(7-8-25)10-12-33/h2,4-5,16-17,32,34H,3,6-15H2,1H3,(H,30,31,35). The number of nitrogens with zero attached hydrogens (tertiary/aromatic N) is 2. The van der Waals surface area contributed by atoms with Crippen molar-refractivity contribution in [3.05, 3.63) is 41.5 Å². The van der Waals surface area contributed by atoms with Gasteiger partial charge < -0.3 is 20.1 Å². The summed E-state index contributed by atoms with van der Waals surface area (Å²) < 4.78 is 70.1. The molecule has 214 valence electrons. The van der Waals surface area contributed by atoms with E-state index < -0.39 is 40.9 Å². The van der Waals surface area contributed by atoms with Crippen LogP contribution in [0.4, 0.5) is 30.4 Å². The molecule has 1 aromatic carbocycles. The molecule has 1 saturated carbocycles. The molecule has 1 spiro atoms. The lowest BCUT2D eigenvalue weighted by atomic mass is 9.92. The number of sulfonamides is 1. The number of para-hydroxylation sites is 1. The van der Waals surface area contributed by atoms with Crippen molar-refractivity contribution < 1.29 is 36.2 Å². The van der Waals surface area contributed by atoms with Crippen LogP contribution >= 0.6 is 0 Å². The highest BCUT2D eigenvalue weighted by Crippen LogP contribution is 2.54. The molecule has 0 unspecified atom stereocenters. The zero-order chi connectivity index (χ0) is 28.3. The number of hydrogen-bond donors (Lipinski definition) is 3. The monoisotopic (exact) mass is 570 g/mol. The fourth-order valence-corrected chi connectivity index (χ4v) is 5.62. The van der Waals surface area contributed by atoms with Gasteiger partial charge in [0.05, 0.1) is 35.9 Å². The summed E-state index contributed by atoms with van der Waals surface area (Å²) in [6, 6.07) is 7.92. The first-order valence-corrected chi connectivity index (χ1v) is 14.5. The molecular formula is C26H33F3N4O5S. The summed E-state index contributed by atoms with van der Waals surface area (Å²) in [5.41, 5.74) is 1.97. The number of carbonyl (C=O) groups is 1. The van der Waals surface area contributed by atoms with Gasteiger partial charge in [-0.1, -0.05) is 6.07 Å². The van der Waals surface area contributed by atoms with Crippen LogP contribution in [0.2, 0.25) is 0 Å². The lowest BCUT2D eigenvalue weighted by molar-refractivity contribution is -0.136. The van der Waals surface area contributed by atoms with E-state index in [0.717, 1.165) is 12.8 Å². The summed E-state index contributed by atoms with van der Waals surface area (Å²) in [4.78, 5) is 19.7. The van der Waals surface area contributed by atoms with Crippen LogP contribution in [-0.2, 0) is 10.0 Å². The number of halogens is 3. The maximum atomic E-state index is 13.5. The van der Waals surface area contributed by atoms with Crippen molar-refractivity contribution in [2.75, 3.05) is 47.0 Å². The molecule has 0 atom stereocenters. The fourth-order valence-electron chi connectivity index (χ4n) is 4.78. The molecule has 2 aromatic rings. The number of hydrogen-bond acceptors (Lipinski definition) is 7. The minimum absolute atomic E-state index is 0.0870. The van der Waals surface area contributed by atoms with E-state index in [2.05, 4.69) is 15.0 Å². The van der Waals surface area contributed by atoms with Crippen LogP contribution in [0.5, 0.6) is 5.88 Å². The van der Waals surface area contributed by atoms with Crippen LogP contribution in [-0.4, -0.2) is 62.6 Å². The van der Waals surface area contributed by atoms with Crippen LogP contribution in [0.3, 0.4) is 0 Å². The van der Waals surface area contributed by atoms with E-state index >= 15 is 0 Å². The molecule has 39 heavy (non-hydrogen) atoms. The third-order valence-electron chi connectivity index (χ3n) is 7.05. The van der Waals surface area contributed by atoms with Gasteiger partial charge in [0, 0.05) is 25.6 Å². The van der Waals surface area contributed by atoms with Gasteiger partial charge in [-0.3, -0.25) is 9.52 Å². The Morgan fingerprint density at radius 3 is 2.54 bits per heavy atom. The molecule has 1 aromatic heterocycles. The first-order valence-electron chi connectivity index (χ1n) is 12.9. The first kappa shape index (κ1) is 28.9. The first-order chi connectivity index (χ1) is 18.4. The van der Waals surface area contributed by atoms with E-state index in [9.17, 15) is 26.4 Å². The second kappa shape index (κ2) is 11.6. The molecular weight excluding hydrogens is 537 g/mol. The third kappa shape index (κ3) is 7.98. The zero-order valence-electron chi connectivity index (χ0n) is 21.7. The lowest BCUT2D eigenvalue weighted by Crippen LogP contribution is -2.36. The molecule has 9 nitrogen and oxygen atoms in total. The predicted octanol–water partition coefficient (Wildman–Crippen LogP) is 4.48. The maximum Gasteiger partial charge on any atom is 0.389 e. The number of alkyl halides is 3. The Kier molecular flexibility index (Phi) is 8.60. The van der Waals surface area contributed by atoms with Crippen LogP contribution in [0.25, 0.3) is 0 Å². The number of rotatable bonds is 11. The Hall–Kier alpha value is -3.06. The Morgan fingerprint density at radius 2 is 1.90 bits per heavy atom. The minimum atomic E-state index is -4.27. The van der Waals surface area contributed by atoms with Crippen LogP contribution in [0, 0.1) is 12.3 Å². The number of anilines is 3. The zero-order valence-corrected chi connectivity index (χ0v) is 22.5. The lowest BCUT2D eigenvalue weighted by Gasteiger charge is -2.36. The van der Waals surface area contributed by atoms with Gasteiger partial charge in [0.25, 0.3) is 5.91 Å². The number of aliphatic hydroxyl groups is 1. The van der Waals surface area contributed by atoms with Crippen molar-refractivity contribution in [2.24, 2.45) is 5.41 Å². The summed E-state index contributed by atoms with van der Waals surface area (Å²) in [6.07, 6.45) is -1.21. The van der Waals surface area contributed by atoms with Crippen molar-refractivity contribution in [2.45, 2.75) is 51.6 Å². The molecule has 2 fully saturated rings. The average molecular weight is 571 g/mol. The summed E-state index contributed by atoms with van der Waals surface area (Å²) in [6.45, 7) is 2.34. The molecule has 1 aliphatic heterocycles. The van der Waals surface area contributed by atoms with Crippen molar-refractivity contribution in [1.82, 2.24) is 4.98 Å². The van der Waals surface area contributed by atoms with Crippen molar-refractivity contribution >= 4 is 33.1 Å². The highest BCUT2D eigenvalue weighted by Gasteiger charge is 2.45. The number of amides is 1. The second-order valence-corrected chi connectivity index (χ2v) is 12.1. The number of ether oxygens (including phenoxy) is 1. The number of aromatic nitrogens is 1. The molecule has 1 amide bonds. The summed E-state index contributed by atoms with van der Waals surface area (Å²) >= 11 is 0. The van der Waals surface area contributed by atoms with Gasteiger partial charge in [-0.2, -0.15) is 18.2 Å². The Morgan fingerprint density at radius 1 is 1.18 bits per heavy atom. The van der Waals surface area contributed by atoms with E-state index in [0.29, 0.717) is 29.8 Å². The highest BCUT2D eigenvalue weighted by atomic mass is 32.2. The van der Waals surface area contributed by atoms with Crippen molar-refractivity contribution in [3.8, 4) is 5.88 Å². The number of piperidine rings is 1. The molecule has 2 aliphatic rings. The third-order valence-corrected chi connectivity index (χ3v) is 8.30. The molecule has 13 heteroatoms. The molecule has 3 N–H and O–H groups in total. The van der Waals surface area contributed by atoms with Gasteiger partial charge in [-0.25, -0.2) is 8.42 Å². The van der Waals surface area contributed by atoms with E-state index in [1.807, 2.05) is 4.90 Å². The average Bonchev–Trinajstić information content (AvgIpc) is 3.60. The van der Waals surface area contributed by atoms with Gasteiger partial charge in [-0.05, 0) is 68.2 Å². The number of aryl methyl sites for hydroxylation is 1. The Bertz CT molecular complexity index is 1290. The highest BCUT2D eigenvalue weighted by molar-refractivity contribution is 7.92. The topological polar surface area (TPSA) is 121 Å². The van der Waals surface area contributed by atoms with E-state index in [-0.39, 0.29) is 36.0 Å². The maximum absolute atomic E-state index is 13.5. The number of benzene rings is 1. The number of aliphatic hydroxyl groups excluding tert-OH is 1. The van der Waals surface area contributed by atoms with E-state index in [1.54, 1.807) is 37.3 Å². The van der Waals surface area contributed by atoms with Crippen LogP contribution in [0.1, 0.15) is 54.4 Å². The molecule has 1 saturated heterocycles. The van der Waals surface area contributed by atoms with Gasteiger partial charge in [0.1, 0.15) is 5.82 Å². The smallest absolute Gasteiger partial charge is 0.389 e. The number of carbonyl (C=O) groups excluding carboxylic acids is 1. The van der Waals surface area contributed by atoms with Gasteiger partial charge >= 0.3 is 6.18 Å². The SMILES string of the molecule is Cc1cc(NC(=O)c2cccc(NS(=O)(=O)CCO)c2N2CCC3(CC2)CC3)nc(OCCCC(F)(F)F)c1. The molecule has 4 rings (SSSR count). The van der Waals surface area contributed by atoms with Crippen molar-refractivity contribution in [3.63, 3.8) is 0 Å². The molecule has 2 heterocycles. The largest absolute Gasteiger partial charge is 0.478 e. The number of pyridine rings is 1. The summed E-state index contributed by atoms with van der Waals surface area (Å²) in [5, 5.41) is 11.9. The quantitative estimate of drug-likeness (QED) is 0.341. The molecule has 1 aliphatic carbocycles. The number of nitrogens with one attached hydrogen (secondary N) is 2. The molecule has 0 bridgehead atoms. The Balaban J connectivity index is 1.56. The van der Waals surface area contributed by atoms with Crippen LogP contribution < -0.4 is 19.7 Å². The van der Waals surface area contributed by atoms with Gasteiger partial charge in [0.2, 0.25) is 15.9 Å². The Labute approximate surface area is 225 Å². The fraction of sp³-hybridized carbons (Fsp3) is 0.538. The summed E-state index contributed by atoms with van der Waals surface area (Å²) in [5.74, 6) is -0.770.